The molecule has 2 heterocycles. The highest BCUT2D eigenvalue weighted by Gasteiger charge is 2.17. The molecule has 0 atom stereocenters. The summed E-state index contributed by atoms with van der Waals surface area (Å²) in [7, 11) is 0. The zero-order valence-corrected chi connectivity index (χ0v) is 17.4. The maximum absolute atomic E-state index is 12.3. The number of carbonyl (C=O) groups excluding carboxylic acids is 1. The number of furan rings is 1. The number of hydrogen-bond acceptors (Lipinski definition) is 6. The first-order valence-electron chi connectivity index (χ1n) is 8.84. The highest BCUT2D eigenvalue weighted by Crippen LogP contribution is 2.28. The Morgan fingerprint density at radius 3 is 2.86 bits per heavy atom. The quantitative estimate of drug-likeness (QED) is 0.400. The minimum absolute atomic E-state index is 0.0381. The van der Waals surface area contributed by atoms with Gasteiger partial charge < -0.3 is 14.5 Å². The third-order valence-corrected chi connectivity index (χ3v) is 4.76. The Hall–Kier alpha value is -3.14. The van der Waals surface area contributed by atoms with Gasteiger partial charge in [-0.05, 0) is 53.5 Å². The lowest BCUT2D eigenvalue weighted by molar-refractivity contribution is -0.386. The summed E-state index contributed by atoms with van der Waals surface area (Å²) in [6.45, 7) is 4.67. The lowest BCUT2D eigenvalue weighted by atomic mass is 10.2. The van der Waals surface area contributed by atoms with E-state index in [4.69, 9.17) is 9.15 Å². The molecule has 0 saturated heterocycles. The molecule has 10 heteroatoms. The molecule has 1 amide bonds. The second-order valence-corrected chi connectivity index (χ2v) is 7.10. The van der Waals surface area contributed by atoms with E-state index in [9.17, 15) is 14.9 Å². The molecular formula is C19H19BrN4O5. The van der Waals surface area contributed by atoms with Crippen molar-refractivity contribution in [3.63, 3.8) is 0 Å². The Kier molecular flexibility index (Phi) is 6.32. The largest absolute Gasteiger partial charge is 0.479 e. The molecule has 0 aliphatic carbocycles. The third kappa shape index (κ3) is 5.02. The van der Waals surface area contributed by atoms with Crippen LogP contribution in [0.5, 0.6) is 5.75 Å². The fourth-order valence-corrected chi connectivity index (χ4v) is 3.04. The molecule has 3 aromatic rings. The number of nitro groups is 1. The van der Waals surface area contributed by atoms with Gasteiger partial charge in [-0.15, -0.1) is 0 Å². The standard InChI is InChI=1S/C19H19BrN4O5/c1-3-23-10-14(20)15(22-23)9-21-19(25)18-7-5-13(29-18)11-28-17-6-4-12(2)8-16(17)24(26)27/h4-8,10H,3,9,11H2,1-2H3,(H,21,25). The summed E-state index contributed by atoms with van der Waals surface area (Å²) >= 11 is 3.41. The lowest BCUT2D eigenvalue weighted by Crippen LogP contribution is -2.22. The van der Waals surface area contributed by atoms with E-state index in [1.165, 1.54) is 18.2 Å². The number of nitrogens with zero attached hydrogens (tertiary/aromatic N) is 3. The van der Waals surface area contributed by atoms with Gasteiger partial charge in [0.15, 0.2) is 11.5 Å². The van der Waals surface area contributed by atoms with Gasteiger partial charge in [0.25, 0.3) is 5.91 Å². The minimum Gasteiger partial charge on any atom is -0.479 e. The van der Waals surface area contributed by atoms with Gasteiger partial charge in [0.2, 0.25) is 0 Å². The first-order valence-corrected chi connectivity index (χ1v) is 9.63. The molecule has 0 saturated carbocycles. The molecule has 0 unspecified atom stereocenters. The molecule has 0 aliphatic heterocycles. The van der Waals surface area contributed by atoms with Crippen LogP contribution >= 0.6 is 15.9 Å². The molecule has 1 N–H and O–H groups in total. The normalized spacial score (nSPS) is 10.7. The molecule has 0 bridgehead atoms. The highest BCUT2D eigenvalue weighted by molar-refractivity contribution is 9.10. The van der Waals surface area contributed by atoms with Crippen molar-refractivity contribution in [2.24, 2.45) is 0 Å². The zero-order valence-electron chi connectivity index (χ0n) is 15.8. The maximum atomic E-state index is 12.3. The Balaban J connectivity index is 1.60. The van der Waals surface area contributed by atoms with Gasteiger partial charge in [-0.3, -0.25) is 19.6 Å². The molecular weight excluding hydrogens is 444 g/mol. The monoisotopic (exact) mass is 462 g/mol. The van der Waals surface area contributed by atoms with Crippen LogP contribution in [0.4, 0.5) is 5.69 Å². The summed E-state index contributed by atoms with van der Waals surface area (Å²) in [6.07, 6.45) is 1.84. The fourth-order valence-electron chi connectivity index (χ4n) is 2.59. The molecule has 0 spiro atoms. The van der Waals surface area contributed by atoms with Crippen LogP contribution in [-0.4, -0.2) is 20.6 Å². The average Bonchev–Trinajstić information content (AvgIpc) is 3.31. The summed E-state index contributed by atoms with van der Waals surface area (Å²) in [5, 5.41) is 18.2. The Bertz CT molecular complexity index is 1040. The summed E-state index contributed by atoms with van der Waals surface area (Å²) in [5.74, 6) is 0.240. The first kappa shape index (κ1) is 20.6. The van der Waals surface area contributed by atoms with Crippen molar-refractivity contribution in [1.82, 2.24) is 15.1 Å². The van der Waals surface area contributed by atoms with E-state index < -0.39 is 10.8 Å². The van der Waals surface area contributed by atoms with E-state index in [1.807, 2.05) is 13.1 Å². The smallest absolute Gasteiger partial charge is 0.311 e. The van der Waals surface area contributed by atoms with Crippen LogP contribution in [0.15, 0.2) is 45.4 Å². The van der Waals surface area contributed by atoms with Crippen molar-refractivity contribution in [2.75, 3.05) is 0 Å². The summed E-state index contributed by atoms with van der Waals surface area (Å²) in [6, 6.07) is 7.82. The molecule has 3 rings (SSSR count). The van der Waals surface area contributed by atoms with E-state index in [1.54, 1.807) is 23.7 Å². The number of halogens is 1. The molecule has 9 nitrogen and oxygen atoms in total. The number of nitrogens with one attached hydrogen (secondary N) is 1. The number of carbonyl (C=O) groups is 1. The summed E-state index contributed by atoms with van der Waals surface area (Å²) in [5.41, 5.74) is 1.35. The number of aryl methyl sites for hydroxylation is 2. The number of amides is 1. The molecule has 1 aromatic carbocycles. The third-order valence-electron chi connectivity index (χ3n) is 4.09. The van der Waals surface area contributed by atoms with Gasteiger partial charge in [0, 0.05) is 18.8 Å². The predicted molar refractivity (Wildman–Crippen MR) is 108 cm³/mol. The summed E-state index contributed by atoms with van der Waals surface area (Å²) in [4.78, 5) is 22.9. The fraction of sp³-hybridized carbons (Fsp3) is 0.263. The van der Waals surface area contributed by atoms with Crippen LogP contribution in [0, 0.1) is 17.0 Å². The van der Waals surface area contributed by atoms with Crippen LogP contribution < -0.4 is 10.1 Å². The van der Waals surface area contributed by atoms with Gasteiger partial charge in [-0.25, -0.2) is 0 Å². The van der Waals surface area contributed by atoms with E-state index in [2.05, 4.69) is 26.3 Å². The van der Waals surface area contributed by atoms with Crippen molar-refractivity contribution in [2.45, 2.75) is 33.5 Å². The number of nitro benzene ring substituents is 1. The molecule has 29 heavy (non-hydrogen) atoms. The minimum atomic E-state index is -0.499. The van der Waals surface area contributed by atoms with Crippen molar-refractivity contribution < 1.29 is 18.9 Å². The molecule has 0 fully saturated rings. The van der Waals surface area contributed by atoms with E-state index in [0.717, 1.165) is 16.6 Å². The lowest BCUT2D eigenvalue weighted by Gasteiger charge is -2.06. The first-order chi connectivity index (χ1) is 13.9. The number of rotatable bonds is 8. The van der Waals surface area contributed by atoms with E-state index in [0.29, 0.717) is 11.5 Å². The van der Waals surface area contributed by atoms with Gasteiger partial charge in [0.05, 0.1) is 21.6 Å². The van der Waals surface area contributed by atoms with Crippen molar-refractivity contribution in [1.29, 1.82) is 0 Å². The predicted octanol–water partition coefficient (Wildman–Crippen LogP) is 3.98. The SMILES string of the molecule is CCn1cc(Br)c(CNC(=O)c2ccc(COc3ccc(C)cc3[N+](=O)[O-])o2)n1. The Morgan fingerprint density at radius 2 is 2.17 bits per heavy atom. The van der Waals surface area contributed by atoms with E-state index in [-0.39, 0.29) is 30.3 Å². The number of hydrogen-bond donors (Lipinski definition) is 1. The van der Waals surface area contributed by atoms with Crippen LogP contribution in [-0.2, 0) is 19.7 Å². The van der Waals surface area contributed by atoms with Crippen molar-refractivity contribution in [3.8, 4) is 5.75 Å². The summed E-state index contributed by atoms with van der Waals surface area (Å²) < 4.78 is 13.6. The second-order valence-electron chi connectivity index (χ2n) is 6.25. The van der Waals surface area contributed by atoms with Gasteiger partial charge in [-0.1, -0.05) is 6.07 Å². The van der Waals surface area contributed by atoms with Crippen LogP contribution in [0.25, 0.3) is 0 Å². The Labute approximate surface area is 174 Å². The number of aromatic nitrogens is 2. The second kappa shape index (κ2) is 8.91. The van der Waals surface area contributed by atoms with Gasteiger partial charge in [-0.2, -0.15) is 5.10 Å². The van der Waals surface area contributed by atoms with Gasteiger partial charge in [0.1, 0.15) is 12.4 Å². The van der Waals surface area contributed by atoms with Crippen LogP contribution in [0.2, 0.25) is 0 Å². The van der Waals surface area contributed by atoms with E-state index >= 15 is 0 Å². The molecule has 0 radical (unpaired) electrons. The molecule has 0 aliphatic rings. The highest BCUT2D eigenvalue weighted by atomic mass is 79.9. The Morgan fingerprint density at radius 1 is 1.38 bits per heavy atom. The van der Waals surface area contributed by atoms with Crippen molar-refractivity contribution in [3.05, 3.63) is 73.9 Å². The topological polar surface area (TPSA) is 112 Å². The number of benzene rings is 1. The molecule has 152 valence electrons. The van der Waals surface area contributed by atoms with Gasteiger partial charge >= 0.3 is 5.69 Å². The number of ether oxygens (including phenoxy) is 1. The van der Waals surface area contributed by atoms with Crippen molar-refractivity contribution >= 4 is 27.5 Å². The zero-order chi connectivity index (χ0) is 21.0. The maximum Gasteiger partial charge on any atom is 0.311 e. The van der Waals surface area contributed by atoms with Crippen LogP contribution in [0.1, 0.15) is 34.5 Å². The molecule has 2 aromatic heterocycles. The average molecular weight is 463 g/mol. The van der Waals surface area contributed by atoms with Crippen LogP contribution in [0.3, 0.4) is 0 Å².